The number of carbonyl (C=O) groups is 1. The Balaban J connectivity index is 2.40. The van der Waals surface area contributed by atoms with Crippen LogP contribution in [0.5, 0.6) is 0 Å². The zero-order valence-electron chi connectivity index (χ0n) is 10.8. The van der Waals surface area contributed by atoms with Crippen LogP contribution in [0.4, 0.5) is 0 Å². The molecule has 0 spiro atoms. The van der Waals surface area contributed by atoms with Crippen LogP contribution in [0.2, 0.25) is 0 Å². The van der Waals surface area contributed by atoms with Crippen LogP contribution in [0.1, 0.15) is 32.8 Å². The molecular weight excluding hydrogens is 214 g/mol. The fourth-order valence-corrected chi connectivity index (χ4v) is 1.59. The van der Waals surface area contributed by atoms with Crippen LogP contribution in [-0.4, -0.2) is 17.6 Å². The topological polar surface area (TPSA) is 52.3 Å². The predicted molar refractivity (Wildman–Crippen MR) is 68.6 cm³/mol. The number of nitrogens with two attached hydrogens (primary N) is 1. The third-order valence-corrected chi connectivity index (χ3v) is 2.19. The van der Waals surface area contributed by atoms with Crippen LogP contribution in [-0.2, 0) is 16.0 Å². The quantitative estimate of drug-likeness (QED) is 0.815. The highest BCUT2D eigenvalue weighted by molar-refractivity contribution is 5.70. The van der Waals surface area contributed by atoms with E-state index in [0.29, 0.717) is 6.42 Å². The summed E-state index contributed by atoms with van der Waals surface area (Å²) in [6.07, 6.45) is 0.951. The van der Waals surface area contributed by atoms with E-state index in [2.05, 4.69) is 0 Å². The molecule has 3 nitrogen and oxygen atoms in total. The minimum atomic E-state index is -0.441. The zero-order chi connectivity index (χ0) is 12.9. The Hall–Kier alpha value is -1.35. The molecule has 0 aliphatic heterocycles. The van der Waals surface area contributed by atoms with E-state index in [1.165, 1.54) is 0 Å². The number of esters is 1. The van der Waals surface area contributed by atoms with Gasteiger partial charge in [0.1, 0.15) is 5.60 Å². The molecule has 0 bridgehead atoms. The van der Waals surface area contributed by atoms with Gasteiger partial charge in [0, 0.05) is 6.04 Å². The van der Waals surface area contributed by atoms with Crippen molar-refractivity contribution in [2.75, 3.05) is 0 Å². The summed E-state index contributed by atoms with van der Waals surface area (Å²) in [6.45, 7) is 5.56. The van der Waals surface area contributed by atoms with Crippen LogP contribution in [0.3, 0.4) is 0 Å². The van der Waals surface area contributed by atoms with Crippen molar-refractivity contribution in [1.82, 2.24) is 0 Å². The summed E-state index contributed by atoms with van der Waals surface area (Å²) in [6, 6.07) is 9.73. The molecule has 94 valence electrons. The first-order chi connectivity index (χ1) is 7.87. The molecule has 0 aliphatic rings. The molecular formula is C14H21NO2. The van der Waals surface area contributed by atoms with Crippen LogP contribution >= 0.6 is 0 Å². The Labute approximate surface area is 103 Å². The third-order valence-electron chi connectivity index (χ3n) is 2.19. The van der Waals surface area contributed by atoms with Crippen molar-refractivity contribution in [2.24, 2.45) is 5.73 Å². The molecule has 0 aliphatic carbocycles. The summed E-state index contributed by atoms with van der Waals surface area (Å²) in [7, 11) is 0. The highest BCUT2D eigenvalue weighted by Gasteiger charge is 2.18. The van der Waals surface area contributed by atoms with Crippen molar-refractivity contribution in [3.05, 3.63) is 35.9 Å². The van der Waals surface area contributed by atoms with Crippen molar-refractivity contribution in [1.29, 1.82) is 0 Å². The Morgan fingerprint density at radius 3 is 2.41 bits per heavy atom. The molecule has 1 unspecified atom stereocenters. The number of benzene rings is 1. The van der Waals surface area contributed by atoms with Crippen LogP contribution < -0.4 is 5.73 Å². The Morgan fingerprint density at radius 1 is 1.29 bits per heavy atom. The number of hydrogen-bond donors (Lipinski definition) is 1. The van der Waals surface area contributed by atoms with Gasteiger partial charge in [0.2, 0.25) is 0 Å². The average Bonchev–Trinajstić information content (AvgIpc) is 2.15. The standard InChI is InChI=1S/C14H21NO2/c1-14(2,3)17-13(16)10-12(15)9-11-7-5-4-6-8-11/h4-8,12H,9-10,15H2,1-3H3. The zero-order valence-corrected chi connectivity index (χ0v) is 10.8. The third kappa shape index (κ3) is 6.07. The van der Waals surface area contributed by atoms with E-state index in [9.17, 15) is 4.79 Å². The molecule has 0 aromatic heterocycles. The van der Waals surface area contributed by atoms with Gasteiger partial charge in [0.15, 0.2) is 0 Å². The average molecular weight is 235 g/mol. The van der Waals surface area contributed by atoms with Crippen LogP contribution in [0, 0.1) is 0 Å². The second-order valence-corrected chi connectivity index (χ2v) is 5.24. The molecule has 3 heteroatoms. The van der Waals surface area contributed by atoms with Gasteiger partial charge in [-0.2, -0.15) is 0 Å². The molecule has 2 N–H and O–H groups in total. The number of carbonyl (C=O) groups excluding carboxylic acids is 1. The molecule has 0 saturated carbocycles. The smallest absolute Gasteiger partial charge is 0.307 e. The molecule has 0 heterocycles. The predicted octanol–water partition coefficient (Wildman–Crippen LogP) is 2.29. The molecule has 1 atom stereocenters. The largest absolute Gasteiger partial charge is 0.460 e. The van der Waals surface area contributed by atoms with Gasteiger partial charge in [0.05, 0.1) is 6.42 Å². The maximum atomic E-state index is 11.6. The second kappa shape index (κ2) is 5.82. The summed E-state index contributed by atoms with van der Waals surface area (Å²) < 4.78 is 5.23. The first kappa shape index (κ1) is 13.7. The molecule has 1 aromatic rings. The maximum absolute atomic E-state index is 11.6. The monoisotopic (exact) mass is 235 g/mol. The highest BCUT2D eigenvalue weighted by atomic mass is 16.6. The van der Waals surface area contributed by atoms with Gasteiger partial charge in [0.25, 0.3) is 0 Å². The van der Waals surface area contributed by atoms with Gasteiger partial charge in [-0.15, -0.1) is 0 Å². The number of hydrogen-bond acceptors (Lipinski definition) is 3. The molecule has 17 heavy (non-hydrogen) atoms. The molecule has 0 saturated heterocycles. The summed E-state index contributed by atoms with van der Waals surface area (Å²) >= 11 is 0. The van der Waals surface area contributed by atoms with Gasteiger partial charge < -0.3 is 10.5 Å². The van der Waals surface area contributed by atoms with E-state index < -0.39 is 5.60 Å². The van der Waals surface area contributed by atoms with Gasteiger partial charge in [-0.3, -0.25) is 4.79 Å². The molecule has 0 radical (unpaired) electrons. The Morgan fingerprint density at radius 2 is 1.88 bits per heavy atom. The van der Waals surface area contributed by atoms with Gasteiger partial charge in [-0.1, -0.05) is 30.3 Å². The lowest BCUT2D eigenvalue weighted by atomic mass is 10.0. The van der Waals surface area contributed by atoms with Crippen molar-refractivity contribution in [3.63, 3.8) is 0 Å². The van der Waals surface area contributed by atoms with Gasteiger partial charge >= 0.3 is 5.97 Å². The molecule has 1 aromatic carbocycles. The van der Waals surface area contributed by atoms with E-state index >= 15 is 0 Å². The van der Waals surface area contributed by atoms with E-state index in [1.54, 1.807) is 0 Å². The van der Waals surface area contributed by atoms with Gasteiger partial charge in [-0.05, 0) is 32.8 Å². The van der Waals surface area contributed by atoms with Gasteiger partial charge in [-0.25, -0.2) is 0 Å². The number of ether oxygens (including phenoxy) is 1. The maximum Gasteiger partial charge on any atom is 0.307 e. The van der Waals surface area contributed by atoms with E-state index in [0.717, 1.165) is 5.56 Å². The van der Waals surface area contributed by atoms with Crippen molar-refractivity contribution >= 4 is 5.97 Å². The Bertz CT molecular complexity index is 354. The summed E-state index contributed by atoms with van der Waals surface area (Å²) in [5.41, 5.74) is 6.63. The van der Waals surface area contributed by atoms with E-state index in [1.807, 2.05) is 51.1 Å². The lowest BCUT2D eigenvalue weighted by Crippen LogP contribution is -2.31. The second-order valence-electron chi connectivity index (χ2n) is 5.24. The van der Waals surface area contributed by atoms with Crippen LogP contribution in [0.25, 0.3) is 0 Å². The minimum Gasteiger partial charge on any atom is -0.460 e. The Kier molecular flexibility index (Phi) is 4.70. The lowest BCUT2D eigenvalue weighted by molar-refractivity contribution is -0.155. The van der Waals surface area contributed by atoms with Crippen LogP contribution in [0.15, 0.2) is 30.3 Å². The normalized spacial score (nSPS) is 13.2. The fourth-order valence-electron chi connectivity index (χ4n) is 1.59. The van der Waals surface area contributed by atoms with Crippen molar-refractivity contribution in [3.8, 4) is 0 Å². The fraction of sp³-hybridized carbons (Fsp3) is 0.500. The van der Waals surface area contributed by atoms with Crippen molar-refractivity contribution < 1.29 is 9.53 Å². The molecule has 0 fully saturated rings. The first-order valence-corrected chi connectivity index (χ1v) is 5.88. The summed E-state index contributed by atoms with van der Waals surface area (Å²) in [4.78, 5) is 11.6. The minimum absolute atomic E-state index is 0.188. The molecule has 0 amide bonds. The van der Waals surface area contributed by atoms with E-state index in [-0.39, 0.29) is 18.4 Å². The van der Waals surface area contributed by atoms with Crippen molar-refractivity contribution in [2.45, 2.75) is 45.3 Å². The summed E-state index contributed by atoms with van der Waals surface area (Å²) in [5, 5.41) is 0. The summed E-state index contributed by atoms with van der Waals surface area (Å²) in [5.74, 6) is -0.235. The SMILES string of the molecule is CC(C)(C)OC(=O)CC(N)Cc1ccccc1. The number of rotatable bonds is 4. The molecule has 1 rings (SSSR count). The lowest BCUT2D eigenvalue weighted by Gasteiger charge is -2.20. The first-order valence-electron chi connectivity index (χ1n) is 5.88. The highest BCUT2D eigenvalue weighted by Crippen LogP contribution is 2.10. The van der Waals surface area contributed by atoms with E-state index in [4.69, 9.17) is 10.5 Å².